The van der Waals surface area contributed by atoms with Crippen LogP contribution in [0.25, 0.3) is 0 Å². The summed E-state index contributed by atoms with van der Waals surface area (Å²) in [7, 11) is 1.90. The standard InChI is InChI=1S/C15H20N4O2S/c1-9(15-16-5-7-22-15)18-14(20)11-4-6-21-13(11)12-8-17-19(3)10(12)2/h5,7-9,11,13H,4,6H2,1-3H3,(H,18,20)/t9?,11-,13-/m0/s1. The second-order valence-corrected chi connectivity index (χ2v) is 6.52. The number of aryl methyl sites for hydroxylation is 1. The van der Waals surface area contributed by atoms with Crippen LogP contribution >= 0.6 is 11.3 Å². The zero-order chi connectivity index (χ0) is 15.7. The average molecular weight is 320 g/mol. The van der Waals surface area contributed by atoms with Crippen molar-refractivity contribution in [2.24, 2.45) is 13.0 Å². The third-order valence-electron chi connectivity index (χ3n) is 4.19. The van der Waals surface area contributed by atoms with E-state index in [1.807, 2.05) is 31.0 Å². The number of amides is 1. The van der Waals surface area contributed by atoms with E-state index < -0.39 is 0 Å². The van der Waals surface area contributed by atoms with Gasteiger partial charge in [0.25, 0.3) is 0 Å². The number of ether oxygens (including phenoxy) is 1. The van der Waals surface area contributed by atoms with Crippen molar-refractivity contribution in [2.45, 2.75) is 32.4 Å². The predicted octanol–water partition coefficient (Wildman–Crippen LogP) is 2.14. The van der Waals surface area contributed by atoms with E-state index in [1.165, 1.54) is 0 Å². The molecule has 0 bridgehead atoms. The van der Waals surface area contributed by atoms with E-state index in [0.717, 1.165) is 22.7 Å². The molecule has 1 fully saturated rings. The molecule has 1 aliphatic heterocycles. The number of thiazole rings is 1. The molecular weight excluding hydrogens is 300 g/mol. The fraction of sp³-hybridized carbons (Fsp3) is 0.533. The third-order valence-corrected chi connectivity index (χ3v) is 5.15. The van der Waals surface area contributed by atoms with Crippen molar-refractivity contribution in [1.82, 2.24) is 20.1 Å². The molecular formula is C15H20N4O2S. The molecule has 0 aromatic carbocycles. The van der Waals surface area contributed by atoms with Crippen LogP contribution in [-0.2, 0) is 16.6 Å². The second-order valence-electron chi connectivity index (χ2n) is 5.60. The van der Waals surface area contributed by atoms with Crippen LogP contribution in [-0.4, -0.2) is 27.3 Å². The zero-order valence-corrected chi connectivity index (χ0v) is 13.8. The van der Waals surface area contributed by atoms with Gasteiger partial charge in [0, 0.05) is 36.5 Å². The molecule has 0 spiro atoms. The maximum atomic E-state index is 12.6. The summed E-state index contributed by atoms with van der Waals surface area (Å²) in [6, 6.07) is -0.0799. The van der Waals surface area contributed by atoms with Crippen LogP contribution in [0, 0.1) is 12.8 Å². The van der Waals surface area contributed by atoms with Gasteiger partial charge in [-0.05, 0) is 20.3 Å². The molecule has 0 aliphatic carbocycles. The fourth-order valence-electron chi connectivity index (χ4n) is 2.79. The number of carbonyl (C=O) groups is 1. The Balaban J connectivity index is 1.73. The van der Waals surface area contributed by atoms with Gasteiger partial charge < -0.3 is 10.1 Å². The van der Waals surface area contributed by atoms with Crippen molar-refractivity contribution in [1.29, 1.82) is 0 Å². The Morgan fingerprint density at radius 2 is 2.41 bits per heavy atom. The molecule has 1 saturated heterocycles. The second kappa shape index (κ2) is 6.18. The van der Waals surface area contributed by atoms with Crippen LogP contribution in [0.3, 0.4) is 0 Å². The van der Waals surface area contributed by atoms with Gasteiger partial charge in [-0.15, -0.1) is 11.3 Å². The van der Waals surface area contributed by atoms with E-state index in [1.54, 1.807) is 23.7 Å². The van der Waals surface area contributed by atoms with Gasteiger partial charge in [0.15, 0.2) is 0 Å². The first kappa shape index (κ1) is 15.2. The van der Waals surface area contributed by atoms with Gasteiger partial charge >= 0.3 is 0 Å². The normalized spacial score (nSPS) is 22.7. The fourth-order valence-corrected chi connectivity index (χ4v) is 3.44. The van der Waals surface area contributed by atoms with Crippen molar-refractivity contribution >= 4 is 17.2 Å². The summed E-state index contributed by atoms with van der Waals surface area (Å²) < 4.78 is 7.62. The van der Waals surface area contributed by atoms with E-state index in [0.29, 0.717) is 6.61 Å². The molecule has 3 heterocycles. The quantitative estimate of drug-likeness (QED) is 0.937. The minimum absolute atomic E-state index is 0.0217. The number of aromatic nitrogens is 3. The van der Waals surface area contributed by atoms with Crippen molar-refractivity contribution in [3.63, 3.8) is 0 Å². The van der Waals surface area contributed by atoms with Crippen molar-refractivity contribution in [3.05, 3.63) is 34.0 Å². The molecule has 3 atom stereocenters. The summed E-state index contributed by atoms with van der Waals surface area (Å²) >= 11 is 1.55. The minimum Gasteiger partial charge on any atom is -0.373 e. The lowest BCUT2D eigenvalue weighted by atomic mass is 9.94. The van der Waals surface area contributed by atoms with E-state index in [9.17, 15) is 4.79 Å². The van der Waals surface area contributed by atoms with Gasteiger partial charge in [-0.3, -0.25) is 9.48 Å². The maximum absolute atomic E-state index is 12.6. The number of nitrogens with zero attached hydrogens (tertiary/aromatic N) is 3. The summed E-state index contributed by atoms with van der Waals surface area (Å²) in [5, 5.41) is 10.1. The number of hydrogen-bond donors (Lipinski definition) is 1. The van der Waals surface area contributed by atoms with Gasteiger partial charge in [0.05, 0.1) is 24.3 Å². The number of carbonyl (C=O) groups excluding carboxylic acids is 1. The molecule has 1 aliphatic rings. The number of rotatable bonds is 4. The number of hydrogen-bond acceptors (Lipinski definition) is 5. The van der Waals surface area contributed by atoms with Gasteiger partial charge in [-0.1, -0.05) is 0 Å². The predicted molar refractivity (Wildman–Crippen MR) is 83.4 cm³/mol. The van der Waals surface area contributed by atoms with Gasteiger partial charge in [-0.2, -0.15) is 5.10 Å². The SMILES string of the molecule is Cc1c([C@H]2OCC[C@@H]2C(=O)NC(C)c2nccs2)cnn1C. The monoisotopic (exact) mass is 320 g/mol. The molecule has 2 aromatic heterocycles. The van der Waals surface area contributed by atoms with Crippen LogP contribution < -0.4 is 5.32 Å². The summed E-state index contributed by atoms with van der Waals surface area (Å²) in [5.41, 5.74) is 2.04. The molecule has 0 saturated carbocycles. The van der Waals surface area contributed by atoms with Crippen LogP contribution in [0.2, 0.25) is 0 Å². The molecule has 1 amide bonds. The molecule has 2 aromatic rings. The molecule has 22 heavy (non-hydrogen) atoms. The zero-order valence-electron chi connectivity index (χ0n) is 12.9. The molecule has 1 unspecified atom stereocenters. The Hall–Kier alpha value is -1.73. The van der Waals surface area contributed by atoms with E-state index in [2.05, 4.69) is 15.4 Å². The smallest absolute Gasteiger partial charge is 0.226 e. The van der Waals surface area contributed by atoms with Crippen molar-refractivity contribution in [2.75, 3.05) is 6.61 Å². The Bertz CT molecular complexity index is 653. The Kier molecular flexibility index (Phi) is 4.26. The minimum atomic E-state index is -0.211. The summed E-state index contributed by atoms with van der Waals surface area (Å²) in [4.78, 5) is 16.9. The van der Waals surface area contributed by atoms with Crippen LogP contribution in [0.15, 0.2) is 17.8 Å². The Labute approximate surface area is 133 Å². The Morgan fingerprint density at radius 3 is 3.05 bits per heavy atom. The lowest BCUT2D eigenvalue weighted by Crippen LogP contribution is -2.34. The highest BCUT2D eigenvalue weighted by Crippen LogP contribution is 2.36. The molecule has 0 radical (unpaired) electrons. The van der Waals surface area contributed by atoms with E-state index in [4.69, 9.17) is 4.74 Å². The van der Waals surface area contributed by atoms with Crippen LogP contribution in [0.1, 0.15) is 41.8 Å². The highest BCUT2D eigenvalue weighted by atomic mass is 32.1. The lowest BCUT2D eigenvalue weighted by molar-refractivity contribution is -0.127. The van der Waals surface area contributed by atoms with E-state index >= 15 is 0 Å². The Morgan fingerprint density at radius 1 is 1.59 bits per heavy atom. The topological polar surface area (TPSA) is 69.0 Å². The van der Waals surface area contributed by atoms with Crippen molar-refractivity contribution in [3.8, 4) is 0 Å². The molecule has 3 rings (SSSR count). The third kappa shape index (κ3) is 2.78. The average Bonchev–Trinajstić information content (AvgIpc) is 3.21. The van der Waals surface area contributed by atoms with Gasteiger partial charge in [0.1, 0.15) is 5.01 Å². The van der Waals surface area contributed by atoms with Gasteiger partial charge in [0.2, 0.25) is 5.91 Å². The highest BCUT2D eigenvalue weighted by Gasteiger charge is 2.37. The number of nitrogens with one attached hydrogen (secondary N) is 1. The largest absolute Gasteiger partial charge is 0.373 e. The van der Waals surface area contributed by atoms with Crippen molar-refractivity contribution < 1.29 is 9.53 Å². The molecule has 6 nitrogen and oxygen atoms in total. The summed E-state index contributed by atoms with van der Waals surface area (Å²) in [6.07, 6.45) is 4.08. The lowest BCUT2D eigenvalue weighted by Gasteiger charge is -2.20. The summed E-state index contributed by atoms with van der Waals surface area (Å²) in [6.45, 7) is 4.55. The first-order valence-corrected chi connectivity index (χ1v) is 8.25. The molecule has 7 heteroatoms. The maximum Gasteiger partial charge on any atom is 0.226 e. The summed E-state index contributed by atoms with van der Waals surface area (Å²) in [5.74, 6) is -0.154. The van der Waals surface area contributed by atoms with Crippen LogP contribution in [0.4, 0.5) is 0 Å². The molecule has 118 valence electrons. The van der Waals surface area contributed by atoms with Gasteiger partial charge in [-0.25, -0.2) is 4.98 Å². The highest BCUT2D eigenvalue weighted by molar-refractivity contribution is 7.09. The molecule has 1 N–H and O–H groups in total. The first-order chi connectivity index (χ1) is 10.6. The first-order valence-electron chi connectivity index (χ1n) is 7.37. The van der Waals surface area contributed by atoms with E-state index in [-0.39, 0.29) is 24.0 Å². The van der Waals surface area contributed by atoms with Crippen LogP contribution in [0.5, 0.6) is 0 Å².